The summed E-state index contributed by atoms with van der Waals surface area (Å²) in [6.45, 7) is 2.03. The number of nitrogens with zero attached hydrogens (tertiary/aromatic N) is 1. The van der Waals surface area contributed by atoms with Crippen LogP contribution >= 0.6 is 0 Å². The number of aromatic nitrogens is 3. The molecule has 0 aliphatic rings. The van der Waals surface area contributed by atoms with Crippen LogP contribution in [0.25, 0.3) is 22.2 Å². The van der Waals surface area contributed by atoms with E-state index in [4.69, 9.17) is 5.73 Å². The molecular formula is C13H12N4O. The third kappa shape index (κ3) is 1.66. The number of fused-ring (bicyclic) bond motifs is 1. The number of aryl methyl sites for hydroxylation is 1. The Balaban J connectivity index is 2.28. The van der Waals surface area contributed by atoms with Crippen LogP contribution < -0.4 is 11.3 Å². The van der Waals surface area contributed by atoms with Crippen molar-refractivity contribution < 1.29 is 0 Å². The summed E-state index contributed by atoms with van der Waals surface area (Å²) in [5.41, 5.74) is 8.95. The highest BCUT2D eigenvalue weighted by molar-refractivity contribution is 5.94. The van der Waals surface area contributed by atoms with Gasteiger partial charge in [-0.3, -0.25) is 9.78 Å². The molecule has 5 heteroatoms. The first-order valence-corrected chi connectivity index (χ1v) is 5.58. The second-order valence-corrected chi connectivity index (χ2v) is 4.27. The summed E-state index contributed by atoms with van der Waals surface area (Å²) < 4.78 is 0. The average molecular weight is 240 g/mol. The van der Waals surface area contributed by atoms with Gasteiger partial charge in [-0.1, -0.05) is 12.1 Å². The van der Waals surface area contributed by atoms with Crippen LogP contribution in [0.15, 0.2) is 35.3 Å². The summed E-state index contributed by atoms with van der Waals surface area (Å²) in [7, 11) is 0. The molecule has 0 saturated heterocycles. The number of nitrogen functional groups attached to an aromatic ring is 1. The summed E-state index contributed by atoms with van der Waals surface area (Å²) in [5, 5.41) is 1.03. The van der Waals surface area contributed by atoms with E-state index in [0.717, 1.165) is 16.5 Å². The van der Waals surface area contributed by atoms with Crippen LogP contribution in [0.2, 0.25) is 0 Å². The van der Waals surface area contributed by atoms with Gasteiger partial charge in [-0.25, -0.2) is 4.98 Å². The van der Waals surface area contributed by atoms with E-state index in [0.29, 0.717) is 5.69 Å². The predicted octanol–water partition coefficient (Wildman–Crippen LogP) is 1.81. The van der Waals surface area contributed by atoms with Gasteiger partial charge in [-0.15, -0.1) is 0 Å². The molecule has 0 radical (unpaired) electrons. The molecule has 0 amide bonds. The Labute approximate surface area is 103 Å². The summed E-state index contributed by atoms with van der Waals surface area (Å²) in [4.78, 5) is 21.2. The van der Waals surface area contributed by atoms with Crippen molar-refractivity contribution in [3.05, 3.63) is 46.4 Å². The van der Waals surface area contributed by atoms with E-state index in [2.05, 4.69) is 21.0 Å². The number of rotatable bonds is 1. The smallest absolute Gasteiger partial charge is 0.252 e. The van der Waals surface area contributed by atoms with Crippen LogP contribution in [0.4, 0.5) is 5.95 Å². The molecular weight excluding hydrogens is 228 g/mol. The zero-order valence-electron chi connectivity index (χ0n) is 9.82. The van der Waals surface area contributed by atoms with Crippen molar-refractivity contribution in [3.63, 3.8) is 0 Å². The largest absolute Gasteiger partial charge is 0.369 e. The lowest BCUT2D eigenvalue weighted by Crippen LogP contribution is -2.10. The third-order valence-corrected chi connectivity index (χ3v) is 2.87. The van der Waals surface area contributed by atoms with Crippen molar-refractivity contribution in [3.8, 4) is 11.3 Å². The molecule has 0 fully saturated rings. The summed E-state index contributed by atoms with van der Waals surface area (Å²) >= 11 is 0. The third-order valence-electron chi connectivity index (χ3n) is 2.87. The Morgan fingerprint density at radius 3 is 2.89 bits per heavy atom. The van der Waals surface area contributed by atoms with Crippen LogP contribution in [0.1, 0.15) is 5.56 Å². The van der Waals surface area contributed by atoms with Crippen molar-refractivity contribution >= 4 is 16.9 Å². The molecule has 2 heterocycles. The quantitative estimate of drug-likeness (QED) is 0.606. The maximum atomic E-state index is 11.4. The topological polar surface area (TPSA) is 87.6 Å². The van der Waals surface area contributed by atoms with Crippen molar-refractivity contribution in [1.82, 2.24) is 15.0 Å². The van der Waals surface area contributed by atoms with E-state index in [-0.39, 0.29) is 11.5 Å². The summed E-state index contributed by atoms with van der Waals surface area (Å²) in [6.07, 6.45) is 1.84. The van der Waals surface area contributed by atoms with Crippen molar-refractivity contribution in [2.75, 3.05) is 5.73 Å². The van der Waals surface area contributed by atoms with Crippen molar-refractivity contribution in [2.45, 2.75) is 6.92 Å². The van der Waals surface area contributed by atoms with Gasteiger partial charge in [0.25, 0.3) is 5.56 Å². The van der Waals surface area contributed by atoms with Gasteiger partial charge in [-0.2, -0.15) is 0 Å². The SMILES string of the molecule is Cc1ccc2c(-c3cc(=O)[nH]c(N)n3)c[nH]c2c1. The van der Waals surface area contributed by atoms with E-state index >= 15 is 0 Å². The number of benzene rings is 1. The maximum absolute atomic E-state index is 11.4. The van der Waals surface area contributed by atoms with Crippen LogP contribution in [-0.4, -0.2) is 15.0 Å². The monoisotopic (exact) mass is 240 g/mol. The van der Waals surface area contributed by atoms with E-state index in [1.54, 1.807) is 0 Å². The molecule has 18 heavy (non-hydrogen) atoms. The number of H-pyrrole nitrogens is 2. The molecule has 4 N–H and O–H groups in total. The van der Waals surface area contributed by atoms with Crippen molar-refractivity contribution in [1.29, 1.82) is 0 Å². The lowest BCUT2D eigenvalue weighted by molar-refractivity contribution is 1.14. The number of anilines is 1. The summed E-state index contributed by atoms with van der Waals surface area (Å²) in [5.74, 6) is 0.124. The Hall–Kier alpha value is -2.56. The molecule has 90 valence electrons. The highest BCUT2D eigenvalue weighted by Crippen LogP contribution is 2.27. The van der Waals surface area contributed by atoms with Crippen LogP contribution in [0.3, 0.4) is 0 Å². The number of hydrogen-bond donors (Lipinski definition) is 3. The lowest BCUT2D eigenvalue weighted by Gasteiger charge is -2.00. The number of nitrogens with one attached hydrogen (secondary N) is 2. The van der Waals surface area contributed by atoms with Gasteiger partial charge in [0, 0.05) is 28.7 Å². The first kappa shape index (κ1) is 10.6. The molecule has 3 rings (SSSR count). The fourth-order valence-corrected chi connectivity index (χ4v) is 2.07. The number of nitrogens with two attached hydrogens (primary N) is 1. The Morgan fingerprint density at radius 2 is 2.11 bits per heavy atom. The highest BCUT2D eigenvalue weighted by atomic mass is 16.1. The standard InChI is InChI=1S/C13H12N4O/c1-7-2-3-8-9(6-15-10(8)4-7)11-5-12(18)17-13(14)16-11/h2-6,15H,1H3,(H3,14,16,17,18). The van der Waals surface area contributed by atoms with Gasteiger partial charge >= 0.3 is 0 Å². The Morgan fingerprint density at radius 1 is 1.28 bits per heavy atom. The molecule has 0 bridgehead atoms. The molecule has 5 nitrogen and oxygen atoms in total. The molecule has 0 spiro atoms. The molecule has 0 aliphatic carbocycles. The fraction of sp³-hybridized carbons (Fsp3) is 0.0769. The Kier molecular flexibility index (Phi) is 2.19. The number of hydrogen-bond acceptors (Lipinski definition) is 3. The molecule has 2 aromatic heterocycles. The van der Waals surface area contributed by atoms with E-state index in [1.807, 2.05) is 25.3 Å². The minimum atomic E-state index is -0.251. The second kappa shape index (κ2) is 3.73. The highest BCUT2D eigenvalue weighted by Gasteiger charge is 2.08. The zero-order chi connectivity index (χ0) is 12.7. The van der Waals surface area contributed by atoms with E-state index in [9.17, 15) is 4.79 Å². The van der Waals surface area contributed by atoms with Crippen LogP contribution in [0, 0.1) is 6.92 Å². The molecule has 0 atom stereocenters. The van der Waals surface area contributed by atoms with Gasteiger partial charge in [0.05, 0.1) is 5.69 Å². The maximum Gasteiger partial charge on any atom is 0.252 e. The minimum Gasteiger partial charge on any atom is -0.369 e. The predicted molar refractivity (Wildman–Crippen MR) is 71.3 cm³/mol. The number of aromatic amines is 2. The van der Waals surface area contributed by atoms with Gasteiger partial charge in [0.1, 0.15) is 0 Å². The molecule has 0 aliphatic heterocycles. The van der Waals surface area contributed by atoms with Gasteiger partial charge < -0.3 is 10.7 Å². The van der Waals surface area contributed by atoms with Gasteiger partial charge in [-0.05, 0) is 18.6 Å². The molecule has 0 unspecified atom stereocenters. The lowest BCUT2D eigenvalue weighted by atomic mass is 10.1. The van der Waals surface area contributed by atoms with Crippen LogP contribution in [0.5, 0.6) is 0 Å². The minimum absolute atomic E-state index is 0.124. The molecule has 1 aromatic carbocycles. The normalized spacial score (nSPS) is 10.9. The molecule has 3 aromatic rings. The first-order chi connectivity index (χ1) is 8.63. The first-order valence-electron chi connectivity index (χ1n) is 5.58. The van der Waals surface area contributed by atoms with Gasteiger partial charge in [0.15, 0.2) is 0 Å². The van der Waals surface area contributed by atoms with Gasteiger partial charge in [0.2, 0.25) is 5.95 Å². The summed E-state index contributed by atoms with van der Waals surface area (Å²) in [6, 6.07) is 7.53. The second-order valence-electron chi connectivity index (χ2n) is 4.27. The van der Waals surface area contributed by atoms with Crippen LogP contribution in [-0.2, 0) is 0 Å². The van der Waals surface area contributed by atoms with Crippen molar-refractivity contribution in [2.24, 2.45) is 0 Å². The fourth-order valence-electron chi connectivity index (χ4n) is 2.07. The zero-order valence-corrected chi connectivity index (χ0v) is 9.82. The average Bonchev–Trinajstić information content (AvgIpc) is 2.70. The van der Waals surface area contributed by atoms with E-state index < -0.39 is 0 Å². The van der Waals surface area contributed by atoms with E-state index in [1.165, 1.54) is 11.6 Å². The molecule has 0 saturated carbocycles. The Bertz CT molecular complexity index is 785.